The van der Waals surface area contributed by atoms with E-state index in [4.69, 9.17) is 4.74 Å². The Morgan fingerprint density at radius 1 is 1.31 bits per heavy atom. The topological polar surface area (TPSA) is 31.5 Å². The Labute approximate surface area is 79.7 Å². The van der Waals surface area contributed by atoms with E-state index in [1.807, 2.05) is 37.3 Å². The molecule has 1 unspecified atom stereocenters. The first kappa shape index (κ1) is 10.2. The van der Waals surface area contributed by atoms with E-state index in [9.17, 15) is 5.73 Å². The van der Waals surface area contributed by atoms with Gasteiger partial charge in [0, 0.05) is 0 Å². The lowest BCUT2D eigenvalue weighted by Crippen LogP contribution is -2.15. The molecule has 70 valence electrons. The predicted octanol–water partition coefficient (Wildman–Crippen LogP) is 2.05. The van der Waals surface area contributed by atoms with E-state index in [0.717, 1.165) is 12.0 Å². The molecular formula is C11H15NO. The van der Waals surface area contributed by atoms with Gasteiger partial charge in [-0.1, -0.05) is 37.3 Å². The third-order valence-electron chi connectivity index (χ3n) is 1.89. The van der Waals surface area contributed by atoms with Gasteiger partial charge in [-0.05, 0) is 12.0 Å². The normalized spacial score (nSPS) is 12.8. The van der Waals surface area contributed by atoms with Gasteiger partial charge in [0.05, 0.1) is 19.3 Å². The van der Waals surface area contributed by atoms with Crippen molar-refractivity contribution < 1.29 is 4.74 Å². The van der Waals surface area contributed by atoms with Crippen LogP contribution in [0, 0.1) is 0 Å². The third-order valence-corrected chi connectivity index (χ3v) is 1.89. The zero-order chi connectivity index (χ0) is 9.52. The van der Waals surface area contributed by atoms with E-state index in [0.29, 0.717) is 13.2 Å². The molecule has 0 bridgehead atoms. The first-order valence-electron chi connectivity index (χ1n) is 4.62. The van der Waals surface area contributed by atoms with Gasteiger partial charge in [0.25, 0.3) is 0 Å². The van der Waals surface area contributed by atoms with E-state index in [1.165, 1.54) is 0 Å². The van der Waals surface area contributed by atoms with E-state index in [2.05, 4.69) is 0 Å². The minimum absolute atomic E-state index is 0.330. The molecule has 1 rings (SSSR count). The van der Waals surface area contributed by atoms with Crippen LogP contribution in [0.4, 0.5) is 0 Å². The van der Waals surface area contributed by atoms with Gasteiger partial charge >= 0.3 is 0 Å². The van der Waals surface area contributed by atoms with Crippen LogP contribution >= 0.6 is 0 Å². The average molecular weight is 177 g/mol. The maximum absolute atomic E-state index is 9.21. The number of benzene rings is 1. The molecule has 0 saturated heterocycles. The smallest absolute Gasteiger partial charge is 0.0717 e. The molecule has 2 heteroatoms. The highest BCUT2D eigenvalue weighted by atomic mass is 16.5. The van der Waals surface area contributed by atoms with Gasteiger partial charge in [-0.2, -0.15) is 0 Å². The van der Waals surface area contributed by atoms with Crippen LogP contribution in [-0.4, -0.2) is 12.6 Å². The van der Waals surface area contributed by atoms with Crippen LogP contribution in [0.2, 0.25) is 0 Å². The highest BCUT2D eigenvalue weighted by Crippen LogP contribution is 2.01. The lowest BCUT2D eigenvalue weighted by molar-refractivity contribution is 0.105. The summed E-state index contributed by atoms with van der Waals surface area (Å²) in [4.78, 5) is 0. The summed E-state index contributed by atoms with van der Waals surface area (Å²) in [7, 11) is 0. The quantitative estimate of drug-likeness (QED) is 0.677. The zero-order valence-corrected chi connectivity index (χ0v) is 7.94. The Bertz CT molecular complexity index is 223. The summed E-state index contributed by atoms with van der Waals surface area (Å²) in [5.41, 5.74) is 10.4. The number of hydrogen-bond acceptors (Lipinski definition) is 1. The highest BCUT2D eigenvalue weighted by Gasteiger charge is 2.00. The molecular weight excluding hydrogens is 162 g/mol. The van der Waals surface area contributed by atoms with E-state index >= 15 is 0 Å². The standard InChI is InChI=1S/C11H15NO/c1-2-11(12)9-13-8-10-6-4-3-5-7-10/h3-7,11H,2,8-9H2,1H3. The molecule has 0 heterocycles. The second-order valence-corrected chi connectivity index (χ2v) is 3.06. The molecule has 0 aliphatic carbocycles. The van der Waals surface area contributed by atoms with Crippen molar-refractivity contribution in [3.05, 3.63) is 35.9 Å². The lowest BCUT2D eigenvalue weighted by atomic mass is 10.2. The van der Waals surface area contributed by atoms with Crippen molar-refractivity contribution in [3.63, 3.8) is 0 Å². The molecule has 0 fully saturated rings. The van der Waals surface area contributed by atoms with Crippen molar-refractivity contribution in [1.29, 1.82) is 0 Å². The molecule has 2 radical (unpaired) electrons. The monoisotopic (exact) mass is 177 g/mol. The van der Waals surface area contributed by atoms with Crippen LogP contribution in [0.25, 0.3) is 0 Å². The highest BCUT2D eigenvalue weighted by molar-refractivity contribution is 5.13. The fourth-order valence-corrected chi connectivity index (χ4v) is 1.00. The number of nitrogens with zero attached hydrogens (tertiary/aromatic N) is 1. The molecule has 0 spiro atoms. The molecule has 0 amide bonds. The van der Waals surface area contributed by atoms with Crippen LogP contribution in [-0.2, 0) is 11.3 Å². The number of hydrogen-bond donors (Lipinski definition) is 0. The minimum atomic E-state index is -0.330. The molecule has 1 atom stereocenters. The minimum Gasteiger partial charge on any atom is -0.375 e. The Hall–Kier alpha value is -0.860. The first-order valence-corrected chi connectivity index (χ1v) is 4.62. The summed E-state index contributed by atoms with van der Waals surface area (Å²) in [6.45, 7) is 2.94. The maximum Gasteiger partial charge on any atom is 0.0717 e. The van der Waals surface area contributed by atoms with E-state index in [1.54, 1.807) is 0 Å². The summed E-state index contributed by atoms with van der Waals surface area (Å²) in [5.74, 6) is 0. The lowest BCUT2D eigenvalue weighted by Gasteiger charge is -2.07. The van der Waals surface area contributed by atoms with Gasteiger partial charge in [0.1, 0.15) is 0 Å². The largest absolute Gasteiger partial charge is 0.375 e. The van der Waals surface area contributed by atoms with Crippen LogP contribution in [0.1, 0.15) is 18.9 Å². The second-order valence-electron chi connectivity index (χ2n) is 3.06. The zero-order valence-electron chi connectivity index (χ0n) is 7.94. The average Bonchev–Trinajstić information content (AvgIpc) is 2.19. The van der Waals surface area contributed by atoms with Gasteiger partial charge in [0.2, 0.25) is 0 Å². The van der Waals surface area contributed by atoms with Crippen LogP contribution in [0.15, 0.2) is 30.3 Å². The Morgan fingerprint density at radius 3 is 2.62 bits per heavy atom. The SMILES string of the molecule is CCC([N])COCc1ccccc1. The molecule has 0 N–H and O–H groups in total. The molecule has 0 aliphatic rings. The van der Waals surface area contributed by atoms with Gasteiger partial charge in [-0.15, -0.1) is 5.73 Å². The summed E-state index contributed by atoms with van der Waals surface area (Å²) in [5, 5.41) is 0. The number of rotatable bonds is 5. The number of ether oxygens (including phenoxy) is 1. The van der Waals surface area contributed by atoms with E-state index in [-0.39, 0.29) is 6.04 Å². The van der Waals surface area contributed by atoms with Crippen LogP contribution in [0.5, 0.6) is 0 Å². The van der Waals surface area contributed by atoms with Crippen molar-refractivity contribution in [2.45, 2.75) is 26.0 Å². The van der Waals surface area contributed by atoms with Crippen molar-refractivity contribution >= 4 is 0 Å². The van der Waals surface area contributed by atoms with Gasteiger partial charge in [-0.3, -0.25) is 0 Å². The van der Waals surface area contributed by atoms with Crippen molar-refractivity contribution in [1.82, 2.24) is 5.73 Å². The maximum atomic E-state index is 9.21. The summed E-state index contributed by atoms with van der Waals surface area (Å²) in [6.07, 6.45) is 0.745. The van der Waals surface area contributed by atoms with Crippen molar-refractivity contribution in [2.24, 2.45) is 0 Å². The molecule has 1 aromatic rings. The fourth-order valence-electron chi connectivity index (χ4n) is 1.00. The predicted molar refractivity (Wildman–Crippen MR) is 52.3 cm³/mol. The molecule has 2 nitrogen and oxygen atoms in total. The Kier molecular flexibility index (Phi) is 4.50. The third kappa shape index (κ3) is 4.06. The van der Waals surface area contributed by atoms with E-state index < -0.39 is 0 Å². The summed E-state index contributed by atoms with van der Waals surface area (Å²) in [6, 6.07) is 9.63. The second kappa shape index (κ2) is 5.73. The first-order chi connectivity index (χ1) is 6.33. The molecule has 13 heavy (non-hydrogen) atoms. The summed E-state index contributed by atoms with van der Waals surface area (Å²) >= 11 is 0. The van der Waals surface area contributed by atoms with Gasteiger partial charge in [0.15, 0.2) is 0 Å². The molecule has 0 aromatic heterocycles. The van der Waals surface area contributed by atoms with Gasteiger partial charge < -0.3 is 4.74 Å². The van der Waals surface area contributed by atoms with Crippen LogP contribution < -0.4 is 5.73 Å². The fraction of sp³-hybridized carbons (Fsp3) is 0.455. The Balaban J connectivity index is 2.20. The molecule has 1 aromatic carbocycles. The molecule has 0 aliphatic heterocycles. The molecule has 0 saturated carbocycles. The van der Waals surface area contributed by atoms with Gasteiger partial charge in [-0.25, -0.2) is 0 Å². The Morgan fingerprint density at radius 2 is 2.00 bits per heavy atom. The van der Waals surface area contributed by atoms with Crippen LogP contribution in [0.3, 0.4) is 0 Å². The van der Waals surface area contributed by atoms with Crippen molar-refractivity contribution in [3.8, 4) is 0 Å². The summed E-state index contributed by atoms with van der Waals surface area (Å²) < 4.78 is 5.32. The van der Waals surface area contributed by atoms with Crippen molar-refractivity contribution in [2.75, 3.05) is 6.61 Å².